The SMILES string of the molecule is CC(CC1=CC(C(F)(F)F)CC=C1)NCc1ccccc1. The Kier molecular flexibility index (Phi) is 5.23. The number of alkyl halides is 3. The molecule has 2 unspecified atom stereocenters. The van der Waals surface area contributed by atoms with Crippen LogP contribution < -0.4 is 5.32 Å². The predicted octanol–water partition coefficient (Wildman–Crippen LogP) is 4.62. The number of nitrogens with one attached hydrogen (secondary N) is 1. The lowest BCUT2D eigenvalue weighted by Gasteiger charge is -2.21. The molecular weight excluding hydrogens is 275 g/mol. The largest absolute Gasteiger partial charge is 0.395 e. The number of hydrogen-bond acceptors (Lipinski definition) is 1. The van der Waals surface area contributed by atoms with Gasteiger partial charge in [-0.25, -0.2) is 0 Å². The van der Waals surface area contributed by atoms with Gasteiger partial charge in [0.05, 0.1) is 5.92 Å². The van der Waals surface area contributed by atoms with Gasteiger partial charge in [0.15, 0.2) is 0 Å². The van der Waals surface area contributed by atoms with Gasteiger partial charge in [0, 0.05) is 12.6 Å². The molecule has 0 aromatic heterocycles. The van der Waals surface area contributed by atoms with Crippen LogP contribution in [0, 0.1) is 5.92 Å². The third-order valence-electron chi connectivity index (χ3n) is 3.60. The molecule has 1 aliphatic carbocycles. The molecule has 1 aromatic carbocycles. The molecule has 0 spiro atoms. The zero-order valence-electron chi connectivity index (χ0n) is 12.0. The molecule has 1 aromatic rings. The maximum absolute atomic E-state index is 12.7. The molecule has 4 heteroatoms. The van der Waals surface area contributed by atoms with E-state index < -0.39 is 12.1 Å². The molecule has 1 nitrogen and oxygen atoms in total. The fourth-order valence-corrected chi connectivity index (χ4v) is 2.43. The Morgan fingerprint density at radius 3 is 2.62 bits per heavy atom. The maximum Gasteiger partial charge on any atom is 0.395 e. The van der Waals surface area contributed by atoms with E-state index in [-0.39, 0.29) is 12.5 Å². The predicted molar refractivity (Wildman–Crippen MR) is 78.7 cm³/mol. The van der Waals surface area contributed by atoms with Crippen molar-refractivity contribution in [2.75, 3.05) is 0 Å². The van der Waals surface area contributed by atoms with E-state index in [1.54, 1.807) is 6.08 Å². The first-order valence-electron chi connectivity index (χ1n) is 7.16. The van der Waals surface area contributed by atoms with Gasteiger partial charge in [0.25, 0.3) is 0 Å². The first-order chi connectivity index (χ1) is 9.95. The Bertz CT molecular complexity index is 503. The van der Waals surface area contributed by atoms with Gasteiger partial charge in [-0.15, -0.1) is 0 Å². The molecule has 0 saturated heterocycles. The summed E-state index contributed by atoms with van der Waals surface area (Å²) in [7, 11) is 0. The summed E-state index contributed by atoms with van der Waals surface area (Å²) in [4.78, 5) is 0. The molecule has 0 radical (unpaired) electrons. The van der Waals surface area contributed by atoms with E-state index in [1.807, 2.05) is 43.3 Å². The third-order valence-corrected chi connectivity index (χ3v) is 3.60. The third kappa shape index (κ3) is 5.05. The summed E-state index contributed by atoms with van der Waals surface area (Å²) in [6.07, 6.45) is 1.31. The van der Waals surface area contributed by atoms with Gasteiger partial charge in [-0.2, -0.15) is 13.2 Å². The second-order valence-electron chi connectivity index (χ2n) is 5.50. The normalized spacial score (nSPS) is 20.2. The first kappa shape index (κ1) is 15.8. The molecule has 1 N–H and O–H groups in total. The number of hydrogen-bond donors (Lipinski definition) is 1. The molecule has 0 fully saturated rings. The molecule has 2 atom stereocenters. The minimum atomic E-state index is -4.14. The van der Waals surface area contributed by atoms with E-state index in [0.29, 0.717) is 6.42 Å². The summed E-state index contributed by atoms with van der Waals surface area (Å²) < 4.78 is 38.2. The van der Waals surface area contributed by atoms with Crippen LogP contribution in [0.25, 0.3) is 0 Å². The molecule has 0 aliphatic heterocycles. The Morgan fingerprint density at radius 2 is 1.95 bits per heavy atom. The van der Waals surface area contributed by atoms with Crippen molar-refractivity contribution in [3.63, 3.8) is 0 Å². The Labute approximate surface area is 123 Å². The molecule has 0 amide bonds. The van der Waals surface area contributed by atoms with Crippen molar-refractivity contribution >= 4 is 0 Å². The van der Waals surface area contributed by atoms with Crippen molar-refractivity contribution in [3.8, 4) is 0 Å². The van der Waals surface area contributed by atoms with Crippen molar-refractivity contribution < 1.29 is 13.2 Å². The second kappa shape index (κ2) is 6.94. The summed E-state index contributed by atoms with van der Waals surface area (Å²) in [5.74, 6) is -1.33. The van der Waals surface area contributed by atoms with Crippen molar-refractivity contribution in [1.29, 1.82) is 0 Å². The Morgan fingerprint density at radius 1 is 1.24 bits per heavy atom. The van der Waals surface area contributed by atoms with Crippen LogP contribution in [0.4, 0.5) is 13.2 Å². The highest BCUT2D eigenvalue weighted by molar-refractivity contribution is 5.25. The summed E-state index contributed by atoms with van der Waals surface area (Å²) in [5.41, 5.74) is 1.93. The van der Waals surface area contributed by atoms with Crippen LogP contribution in [0.5, 0.6) is 0 Å². The van der Waals surface area contributed by atoms with Gasteiger partial charge >= 0.3 is 6.18 Å². The average molecular weight is 295 g/mol. The minimum Gasteiger partial charge on any atom is -0.310 e. The summed E-state index contributed by atoms with van der Waals surface area (Å²) in [5, 5.41) is 3.34. The van der Waals surface area contributed by atoms with Crippen LogP contribution in [-0.2, 0) is 6.54 Å². The number of rotatable bonds is 5. The highest BCUT2D eigenvalue weighted by Gasteiger charge is 2.38. The average Bonchev–Trinajstić information content (AvgIpc) is 2.46. The van der Waals surface area contributed by atoms with E-state index in [2.05, 4.69) is 5.32 Å². The first-order valence-corrected chi connectivity index (χ1v) is 7.16. The van der Waals surface area contributed by atoms with Crippen LogP contribution in [0.3, 0.4) is 0 Å². The second-order valence-corrected chi connectivity index (χ2v) is 5.50. The van der Waals surface area contributed by atoms with E-state index in [0.717, 1.165) is 12.1 Å². The van der Waals surface area contributed by atoms with Crippen molar-refractivity contribution in [3.05, 3.63) is 59.7 Å². The van der Waals surface area contributed by atoms with E-state index in [9.17, 15) is 13.2 Å². The lowest BCUT2D eigenvalue weighted by molar-refractivity contribution is -0.160. The summed E-state index contributed by atoms with van der Waals surface area (Å²) in [6, 6.07) is 10.1. The van der Waals surface area contributed by atoms with Crippen LogP contribution in [0.1, 0.15) is 25.3 Å². The van der Waals surface area contributed by atoms with Gasteiger partial charge in [0.2, 0.25) is 0 Å². The van der Waals surface area contributed by atoms with Gasteiger partial charge in [-0.3, -0.25) is 0 Å². The van der Waals surface area contributed by atoms with Gasteiger partial charge in [-0.05, 0) is 25.3 Å². The summed E-state index contributed by atoms with van der Waals surface area (Å²) in [6.45, 7) is 2.72. The van der Waals surface area contributed by atoms with Crippen molar-refractivity contribution in [2.45, 2.75) is 38.5 Å². The minimum absolute atomic E-state index is 0.0544. The van der Waals surface area contributed by atoms with Crippen LogP contribution in [0.2, 0.25) is 0 Å². The lowest BCUT2D eigenvalue weighted by atomic mass is 9.92. The highest BCUT2D eigenvalue weighted by Crippen LogP contribution is 2.34. The lowest BCUT2D eigenvalue weighted by Crippen LogP contribution is -2.27. The van der Waals surface area contributed by atoms with Crippen molar-refractivity contribution in [2.24, 2.45) is 5.92 Å². The van der Waals surface area contributed by atoms with E-state index in [4.69, 9.17) is 0 Å². The molecule has 1 aliphatic rings. The summed E-state index contributed by atoms with van der Waals surface area (Å²) >= 11 is 0. The molecule has 114 valence electrons. The van der Waals surface area contributed by atoms with Crippen LogP contribution in [0.15, 0.2) is 54.1 Å². The fraction of sp³-hybridized carbons (Fsp3) is 0.412. The maximum atomic E-state index is 12.7. The standard InChI is InChI=1S/C17H20F3N/c1-13(21-12-14-6-3-2-4-7-14)10-15-8-5-9-16(11-15)17(18,19)20/h2-8,11,13,16,21H,9-10,12H2,1H3. The Hall–Kier alpha value is -1.55. The number of allylic oxidation sites excluding steroid dienone is 3. The molecule has 2 rings (SSSR count). The van der Waals surface area contributed by atoms with Gasteiger partial charge < -0.3 is 5.32 Å². The molecule has 0 bridgehead atoms. The number of halogens is 3. The zero-order valence-corrected chi connectivity index (χ0v) is 12.0. The van der Waals surface area contributed by atoms with Gasteiger partial charge in [0.1, 0.15) is 0 Å². The number of benzene rings is 1. The quantitative estimate of drug-likeness (QED) is 0.836. The Balaban J connectivity index is 1.86. The molecule has 0 heterocycles. The molecular formula is C17H20F3N. The van der Waals surface area contributed by atoms with Crippen LogP contribution >= 0.6 is 0 Å². The monoisotopic (exact) mass is 295 g/mol. The zero-order chi connectivity index (χ0) is 15.3. The van der Waals surface area contributed by atoms with E-state index >= 15 is 0 Å². The highest BCUT2D eigenvalue weighted by atomic mass is 19.4. The van der Waals surface area contributed by atoms with Crippen molar-refractivity contribution in [1.82, 2.24) is 5.32 Å². The molecule has 21 heavy (non-hydrogen) atoms. The molecule has 0 saturated carbocycles. The van der Waals surface area contributed by atoms with Gasteiger partial charge in [-0.1, -0.05) is 54.1 Å². The van der Waals surface area contributed by atoms with E-state index in [1.165, 1.54) is 11.6 Å². The topological polar surface area (TPSA) is 12.0 Å². The fourth-order valence-electron chi connectivity index (χ4n) is 2.43. The smallest absolute Gasteiger partial charge is 0.310 e. The van der Waals surface area contributed by atoms with Crippen LogP contribution in [-0.4, -0.2) is 12.2 Å².